The van der Waals surface area contributed by atoms with E-state index in [0.717, 1.165) is 31.8 Å². The average Bonchev–Trinajstić information content (AvgIpc) is 3.14. The first-order valence-electron chi connectivity index (χ1n) is 7.02. The van der Waals surface area contributed by atoms with Crippen LogP contribution in [0.2, 0.25) is 0 Å². The number of ether oxygens (including phenoxy) is 1. The van der Waals surface area contributed by atoms with Gasteiger partial charge in [-0.2, -0.15) is 5.10 Å². The summed E-state index contributed by atoms with van der Waals surface area (Å²) in [5.74, 6) is 1.15. The fraction of sp³-hybridized carbons (Fsp3) is 0.125. The molecule has 3 heterocycles. The van der Waals surface area contributed by atoms with Gasteiger partial charge in [0.1, 0.15) is 11.3 Å². The number of nitrogens with one attached hydrogen (secondary N) is 2. The van der Waals surface area contributed by atoms with E-state index in [4.69, 9.17) is 10.5 Å². The molecule has 0 aliphatic carbocycles. The molecule has 0 aliphatic rings. The van der Waals surface area contributed by atoms with E-state index < -0.39 is 0 Å². The Morgan fingerprint density at radius 3 is 2.91 bits per heavy atom. The van der Waals surface area contributed by atoms with Gasteiger partial charge in [-0.1, -0.05) is 6.07 Å². The molecule has 1 aromatic carbocycles. The molecule has 0 unspecified atom stereocenters. The summed E-state index contributed by atoms with van der Waals surface area (Å²) in [6, 6.07) is 6.21. The predicted octanol–water partition coefficient (Wildman–Crippen LogP) is 3.03. The van der Waals surface area contributed by atoms with Gasteiger partial charge in [-0.3, -0.25) is 4.79 Å². The summed E-state index contributed by atoms with van der Waals surface area (Å²) in [4.78, 5) is 15.9. The Hall–Kier alpha value is -2.80. The van der Waals surface area contributed by atoms with Gasteiger partial charge in [-0.15, -0.1) is 11.3 Å². The minimum absolute atomic E-state index is 0.282. The molecule has 0 saturated heterocycles. The predicted molar refractivity (Wildman–Crippen MR) is 93.2 cm³/mol. The van der Waals surface area contributed by atoms with Crippen LogP contribution in [0.15, 0.2) is 29.2 Å². The molecule has 4 rings (SSSR count). The van der Waals surface area contributed by atoms with Gasteiger partial charge in [0.05, 0.1) is 17.2 Å². The van der Waals surface area contributed by atoms with Crippen molar-refractivity contribution in [2.75, 3.05) is 12.8 Å². The van der Waals surface area contributed by atoms with Gasteiger partial charge in [-0.25, -0.2) is 5.10 Å². The molecule has 4 N–H and O–H groups in total. The van der Waals surface area contributed by atoms with Crippen LogP contribution in [-0.4, -0.2) is 22.3 Å². The molecular formula is C16H14N4O2S. The summed E-state index contributed by atoms with van der Waals surface area (Å²) < 4.78 is 6.55. The highest BCUT2D eigenvalue weighted by atomic mass is 32.1. The number of nitrogens with two attached hydrogens (primary N) is 1. The molecule has 0 fully saturated rings. The van der Waals surface area contributed by atoms with E-state index in [0.29, 0.717) is 16.7 Å². The zero-order chi connectivity index (χ0) is 16.1. The van der Waals surface area contributed by atoms with Gasteiger partial charge in [0.15, 0.2) is 5.82 Å². The van der Waals surface area contributed by atoms with E-state index in [1.54, 1.807) is 24.6 Å². The second-order valence-electron chi connectivity index (χ2n) is 5.39. The van der Waals surface area contributed by atoms with Crippen molar-refractivity contribution in [1.29, 1.82) is 0 Å². The maximum atomic E-state index is 11.9. The Labute approximate surface area is 134 Å². The molecular weight excluding hydrogens is 312 g/mol. The number of benzene rings is 1. The first kappa shape index (κ1) is 13.8. The van der Waals surface area contributed by atoms with Gasteiger partial charge in [0.25, 0.3) is 5.56 Å². The van der Waals surface area contributed by atoms with Crippen LogP contribution in [0.25, 0.3) is 31.4 Å². The van der Waals surface area contributed by atoms with Gasteiger partial charge in [-0.05, 0) is 30.0 Å². The monoisotopic (exact) mass is 326 g/mol. The van der Waals surface area contributed by atoms with Crippen molar-refractivity contribution in [3.8, 4) is 16.2 Å². The molecule has 0 radical (unpaired) electrons. The molecule has 0 amide bonds. The van der Waals surface area contributed by atoms with Gasteiger partial charge in [0.2, 0.25) is 0 Å². The number of thiophene rings is 1. The first-order valence-corrected chi connectivity index (χ1v) is 7.84. The topological polar surface area (TPSA) is 96.8 Å². The van der Waals surface area contributed by atoms with Gasteiger partial charge >= 0.3 is 0 Å². The molecule has 116 valence electrons. The lowest BCUT2D eigenvalue weighted by atomic mass is 10.1. The Bertz CT molecular complexity index is 1110. The first-order chi connectivity index (χ1) is 11.1. The summed E-state index contributed by atoms with van der Waals surface area (Å²) in [7, 11) is 1.67. The van der Waals surface area contributed by atoms with Crippen molar-refractivity contribution < 1.29 is 4.74 Å². The molecule has 0 saturated carbocycles. The minimum Gasteiger partial charge on any atom is -0.495 e. The third-order valence-electron chi connectivity index (χ3n) is 3.85. The third kappa shape index (κ3) is 2.01. The van der Waals surface area contributed by atoms with Crippen molar-refractivity contribution >= 4 is 38.1 Å². The Morgan fingerprint density at radius 1 is 1.30 bits per heavy atom. The minimum atomic E-state index is -0.282. The number of nitrogen functional groups attached to an aromatic ring is 1. The molecule has 0 spiro atoms. The van der Waals surface area contributed by atoms with Crippen LogP contribution in [0, 0.1) is 6.92 Å². The molecule has 6 nitrogen and oxygen atoms in total. The number of aryl methyl sites for hydroxylation is 1. The maximum absolute atomic E-state index is 11.9. The van der Waals surface area contributed by atoms with Crippen LogP contribution in [0.4, 0.5) is 5.82 Å². The highest BCUT2D eigenvalue weighted by molar-refractivity contribution is 7.22. The van der Waals surface area contributed by atoms with Gasteiger partial charge < -0.3 is 15.5 Å². The van der Waals surface area contributed by atoms with E-state index in [-0.39, 0.29) is 5.56 Å². The van der Waals surface area contributed by atoms with E-state index in [1.807, 2.05) is 13.0 Å². The van der Waals surface area contributed by atoms with E-state index in [2.05, 4.69) is 27.3 Å². The van der Waals surface area contributed by atoms with Crippen molar-refractivity contribution in [2.45, 2.75) is 6.92 Å². The van der Waals surface area contributed by atoms with Crippen LogP contribution in [0.1, 0.15) is 5.56 Å². The van der Waals surface area contributed by atoms with E-state index >= 15 is 0 Å². The highest BCUT2D eigenvalue weighted by Gasteiger charge is 2.16. The lowest BCUT2D eigenvalue weighted by molar-refractivity contribution is 0.420. The molecule has 23 heavy (non-hydrogen) atoms. The number of methoxy groups -OCH3 is 1. The lowest BCUT2D eigenvalue weighted by Gasteiger charge is -2.02. The highest BCUT2D eigenvalue weighted by Crippen LogP contribution is 2.41. The largest absolute Gasteiger partial charge is 0.495 e. The molecule has 0 atom stereocenters. The second kappa shape index (κ2) is 4.85. The van der Waals surface area contributed by atoms with Crippen LogP contribution in [0.5, 0.6) is 5.75 Å². The van der Waals surface area contributed by atoms with Crippen LogP contribution >= 0.6 is 11.3 Å². The van der Waals surface area contributed by atoms with Crippen LogP contribution in [0.3, 0.4) is 0 Å². The van der Waals surface area contributed by atoms with E-state index in [9.17, 15) is 4.79 Å². The zero-order valence-electron chi connectivity index (χ0n) is 12.6. The second-order valence-corrected chi connectivity index (χ2v) is 6.44. The molecule has 4 aromatic rings. The van der Waals surface area contributed by atoms with E-state index in [1.165, 1.54) is 0 Å². The van der Waals surface area contributed by atoms with Crippen molar-refractivity contribution in [2.24, 2.45) is 0 Å². The molecule has 7 heteroatoms. The summed E-state index contributed by atoms with van der Waals surface area (Å²) >= 11 is 1.60. The Balaban J connectivity index is 2.04. The number of hydrogen-bond acceptors (Lipinski definition) is 5. The molecule has 0 bridgehead atoms. The van der Waals surface area contributed by atoms with Crippen molar-refractivity contribution in [3.05, 3.63) is 40.3 Å². The number of aromatic amines is 2. The summed E-state index contributed by atoms with van der Waals surface area (Å²) in [6.45, 7) is 2.03. The number of rotatable bonds is 2. The number of fused-ring (bicyclic) bond motifs is 2. The molecule has 3 aromatic heterocycles. The lowest BCUT2D eigenvalue weighted by Crippen LogP contribution is -2.10. The fourth-order valence-corrected chi connectivity index (χ4v) is 3.99. The number of anilines is 1. The van der Waals surface area contributed by atoms with Gasteiger partial charge in [0, 0.05) is 16.6 Å². The smallest absolute Gasteiger partial charge is 0.288 e. The average molecular weight is 326 g/mol. The number of nitrogens with zero attached hydrogens (tertiary/aromatic N) is 1. The third-order valence-corrected chi connectivity index (χ3v) is 5.05. The van der Waals surface area contributed by atoms with Crippen LogP contribution in [-0.2, 0) is 0 Å². The number of hydrogen-bond donors (Lipinski definition) is 3. The fourth-order valence-electron chi connectivity index (χ4n) is 2.83. The summed E-state index contributed by atoms with van der Waals surface area (Å²) in [5, 5.41) is 8.00. The standard InChI is InChI=1S/C16H14N4O2S/c1-7-3-8-5-11(23-14(8)10(4-7)22-2)9-6-18-13-12(9)15(17)19-20-16(13)21/h3-6,18H,1-2H3,(H2,17,19)(H,20,21). The normalized spacial score (nSPS) is 11.4. The summed E-state index contributed by atoms with van der Waals surface area (Å²) in [6.07, 6.45) is 1.79. The Kier molecular flexibility index (Phi) is 2.92. The Morgan fingerprint density at radius 2 is 2.13 bits per heavy atom. The SMILES string of the molecule is COc1cc(C)cc2cc(-c3c[nH]c4c(=O)[nH]nc(N)c34)sc12. The maximum Gasteiger partial charge on any atom is 0.288 e. The zero-order valence-corrected chi connectivity index (χ0v) is 13.4. The molecule has 0 aliphatic heterocycles. The van der Waals surface area contributed by atoms with Crippen molar-refractivity contribution in [3.63, 3.8) is 0 Å². The van der Waals surface area contributed by atoms with Crippen LogP contribution < -0.4 is 16.0 Å². The number of H-pyrrole nitrogens is 2. The summed E-state index contributed by atoms with van der Waals surface area (Å²) in [5.41, 5.74) is 8.12. The quantitative estimate of drug-likeness (QED) is 0.527. The van der Waals surface area contributed by atoms with Crippen molar-refractivity contribution in [1.82, 2.24) is 15.2 Å². The number of aromatic nitrogens is 3.